The molecule has 0 aliphatic rings. The highest BCUT2D eigenvalue weighted by molar-refractivity contribution is 7.18. The van der Waals surface area contributed by atoms with Crippen molar-refractivity contribution in [3.63, 3.8) is 0 Å². The van der Waals surface area contributed by atoms with Crippen LogP contribution in [0.3, 0.4) is 0 Å². The number of rotatable bonds is 2. The number of nitrogens with zero attached hydrogens (tertiary/aromatic N) is 2. The second-order valence-corrected chi connectivity index (χ2v) is 7.61. The van der Waals surface area contributed by atoms with Crippen molar-refractivity contribution >= 4 is 43.8 Å². The van der Waals surface area contributed by atoms with Gasteiger partial charge in [-0.1, -0.05) is 18.2 Å². The average Bonchev–Trinajstić information content (AvgIpc) is 3.28. The fourth-order valence-corrected chi connectivity index (χ4v) is 4.72. The number of anilines is 2. The molecule has 2 aromatic carbocycles. The summed E-state index contributed by atoms with van der Waals surface area (Å²) in [4.78, 5) is 4.50. The lowest BCUT2D eigenvalue weighted by Gasteiger charge is -2.08. The van der Waals surface area contributed by atoms with Gasteiger partial charge in [0.2, 0.25) is 0 Å². The van der Waals surface area contributed by atoms with Crippen molar-refractivity contribution in [2.45, 2.75) is 0 Å². The molecule has 5 aromatic rings. The van der Waals surface area contributed by atoms with Gasteiger partial charge < -0.3 is 16.0 Å². The molecule has 0 spiro atoms. The first-order chi connectivity index (χ1) is 13.1. The quantitative estimate of drug-likeness (QED) is 0.415. The van der Waals surface area contributed by atoms with Gasteiger partial charge in [0.05, 0.1) is 0 Å². The molecular formula is C22H18N4S. The minimum Gasteiger partial charge on any atom is -0.399 e. The van der Waals surface area contributed by atoms with Crippen LogP contribution in [0.1, 0.15) is 0 Å². The van der Waals surface area contributed by atoms with Crippen molar-refractivity contribution in [2.75, 3.05) is 11.5 Å². The third-order valence-corrected chi connectivity index (χ3v) is 6.06. The monoisotopic (exact) mass is 370 g/mol. The van der Waals surface area contributed by atoms with E-state index in [2.05, 4.69) is 52.4 Å². The van der Waals surface area contributed by atoms with Crippen LogP contribution in [-0.2, 0) is 7.05 Å². The van der Waals surface area contributed by atoms with Crippen LogP contribution in [0.25, 0.3) is 43.2 Å². The Morgan fingerprint density at radius 3 is 2.52 bits per heavy atom. The number of hydrogen-bond donors (Lipinski definition) is 2. The fraction of sp³-hybridized carbons (Fsp3) is 0.0455. The third kappa shape index (κ3) is 2.47. The molecule has 4 nitrogen and oxygen atoms in total. The third-order valence-electron chi connectivity index (χ3n) is 5.04. The summed E-state index contributed by atoms with van der Waals surface area (Å²) in [5.41, 5.74) is 18.5. The van der Waals surface area contributed by atoms with Crippen LogP contribution in [0, 0.1) is 0 Å². The Hall–Kier alpha value is -3.31. The Bertz CT molecular complexity index is 1300. The highest BCUT2D eigenvalue weighted by atomic mass is 32.1. The topological polar surface area (TPSA) is 69.9 Å². The van der Waals surface area contributed by atoms with Crippen LogP contribution in [-0.4, -0.2) is 9.55 Å². The lowest BCUT2D eigenvalue weighted by Crippen LogP contribution is -1.93. The predicted molar refractivity (Wildman–Crippen MR) is 116 cm³/mol. The lowest BCUT2D eigenvalue weighted by atomic mass is 10.0. The summed E-state index contributed by atoms with van der Waals surface area (Å²) in [6.07, 6.45) is 3.96. The largest absolute Gasteiger partial charge is 0.399 e. The number of nitrogen functional groups attached to an aromatic ring is 2. The van der Waals surface area contributed by atoms with Crippen LogP contribution in [0.2, 0.25) is 0 Å². The van der Waals surface area contributed by atoms with Crippen LogP contribution in [0.15, 0.2) is 66.3 Å². The lowest BCUT2D eigenvalue weighted by molar-refractivity contribution is 0.969. The molecule has 0 radical (unpaired) electrons. The first-order valence-corrected chi connectivity index (χ1v) is 9.57. The molecule has 0 fully saturated rings. The number of thiophene rings is 1. The van der Waals surface area contributed by atoms with Crippen molar-refractivity contribution < 1.29 is 0 Å². The molecule has 3 heterocycles. The number of pyridine rings is 1. The zero-order valence-corrected chi connectivity index (χ0v) is 15.6. The minimum atomic E-state index is 0.558. The molecule has 5 rings (SSSR count). The fourth-order valence-electron chi connectivity index (χ4n) is 3.60. The van der Waals surface area contributed by atoms with Gasteiger partial charge in [-0.05, 0) is 46.8 Å². The van der Waals surface area contributed by atoms with Gasteiger partial charge >= 0.3 is 0 Å². The molecule has 5 heteroatoms. The number of aryl methyl sites for hydroxylation is 1. The highest BCUT2D eigenvalue weighted by Crippen LogP contribution is 2.42. The van der Waals surface area contributed by atoms with Gasteiger partial charge in [0.15, 0.2) is 0 Å². The smallest absolute Gasteiger partial charge is 0.132 e. The van der Waals surface area contributed by atoms with Gasteiger partial charge in [-0.25, -0.2) is 4.98 Å². The zero-order valence-electron chi connectivity index (χ0n) is 14.8. The average molecular weight is 370 g/mol. The summed E-state index contributed by atoms with van der Waals surface area (Å²) in [5, 5.41) is 4.38. The van der Waals surface area contributed by atoms with Crippen LogP contribution >= 0.6 is 11.3 Å². The molecule has 4 N–H and O–H groups in total. The molecule has 0 saturated carbocycles. The summed E-state index contributed by atoms with van der Waals surface area (Å²) in [6, 6.07) is 16.5. The number of fused-ring (bicyclic) bond motifs is 2. The van der Waals surface area contributed by atoms with E-state index in [4.69, 9.17) is 11.5 Å². The van der Waals surface area contributed by atoms with E-state index in [1.165, 1.54) is 10.9 Å². The molecule has 27 heavy (non-hydrogen) atoms. The maximum atomic E-state index is 6.28. The van der Waals surface area contributed by atoms with Crippen LogP contribution < -0.4 is 11.5 Å². The molecule has 0 amide bonds. The van der Waals surface area contributed by atoms with Crippen molar-refractivity contribution in [1.82, 2.24) is 9.55 Å². The van der Waals surface area contributed by atoms with Crippen molar-refractivity contribution in [3.8, 4) is 22.3 Å². The SMILES string of the molecule is Cn1ccc2cc(-c3cnc(N)c4c(-c5ccc(N)cc5)csc34)ccc21. The maximum absolute atomic E-state index is 6.28. The molecule has 0 aliphatic heterocycles. The zero-order chi connectivity index (χ0) is 18.5. The van der Waals surface area contributed by atoms with E-state index in [1.54, 1.807) is 11.3 Å². The Kier molecular flexibility index (Phi) is 3.45. The van der Waals surface area contributed by atoms with Crippen molar-refractivity contribution in [3.05, 3.63) is 66.3 Å². The van der Waals surface area contributed by atoms with E-state index in [0.717, 1.165) is 38.0 Å². The van der Waals surface area contributed by atoms with Gasteiger partial charge in [0.25, 0.3) is 0 Å². The van der Waals surface area contributed by atoms with Gasteiger partial charge in [-0.2, -0.15) is 0 Å². The van der Waals surface area contributed by atoms with E-state index in [1.807, 2.05) is 30.5 Å². The Balaban J connectivity index is 1.73. The highest BCUT2D eigenvalue weighted by Gasteiger charge is 2.15. The summed E-state index contributed by atoms with van der Waals surface area (Å²) in [6.45, 7) is 0. The van der Waals surface area contributed by atoms with E-state index in [9.17, 15) is 0 Å². The Morgan fingerprint density at radius 1 is 0.926 bits per heavy atom. The van der Waals surface area contributed by atoms with E-state index in [0.29, 0.717) is 5.82 Å². The normalized spacial score (nSPS) is 11.4. The van der Waals surface area contributed by atoms with Gasteiger partial charge in [0.1, 0.15) is 5.82 Å². The number of benzene rings is 2. The van der Waals surface area contributed by atoms with Gasteiger partial charge in [-0.15, -0.1) is 11.3 Å². The van der Waals surface area contributed by atoms with Crippen LogP contribution in [0.4, 0.5) is 11.5 Å². The molecule has 132 valence electrons. The minimum absolute atomic E-state index is 0.558. The molecule has 0 saturated heterocycles. The Labute approximate surface area is 160 Å². The predicted octanol–water partition coefficient (Wildman–Crippen LogP) is 5.29. The van der Waals surface area contributed by atoms with Crippen LogP contribution in [0.5, 0.6) is 0 Å². The maximum Gasteiger partial charge on any atom is 0.132 e. The standard InChI is InChI=1S/C22H18N4S/c1-26-9-8-15-10-14(4-7-19(15)26)17-11-25-22(24)20-18(12-27-21(17)20)13-2-5-16(23)6-3-13/h2-12H,23H2,1H3,(H2,24,25). The molecule has 0 aliphatic carbocycles. The van der Waals surface area contributed by atoms with Crippen molar-refractivity contribution in [2.24, 2.45) is 7.05 Å². The number of aromatic nitrogens is 2. The molecular weight excluding hydrogens is 352 g/mol. The number of hydrogen-bond acceptors (Lipinski definition) is 4. The van der Waals surface area contributed by atoms with E-state index < -0.39 is 0 Å². The summed E-state index contributed by atoms with van der Waals surface area (Å²) in [7, 11) is 2.06. The molecule has 0 atom stereocenters. The molecule has 0 bridgehead atoms. The van der Waals surface area contributed by atoms with Gasteiger partial charge in [-0.3, -0.25) is 0 Å². The van der Waals surface area contributed by atoms with Gasteiger partial charge in [0, 0.05) is 57.2 Å². The van der Waals surface area contributed by atoms with E-state index >= 15 is 0 Å². The molecule has 0 unspecified atom stereocenters. The summed E-state index contributed by atoms with van der Waals surface area (Å²) >= 11 is 1.70. The Morgan fingerprint density at radius 2 is 1.70 bits per heavy atom. The second kappa shape index (κ2) is 5.86. The number of nitrogens with two attached hydrogens (primary N) is 2. The first-order valence-electron chi connectivity index (χ1n) is 8.69. The summed E-state index contributed by atoms with van der Waals surface area (Å²) < 4.78 is 3.28. The first kappa shape index (κ1) is 15.9. The second-order valence-electron chi connectivity index (χ2n) is 6.73. The van der Waals surface area contributed by atoms with E-state index in [-0.39, 0.29) is 0 Å². The summed E-state index contributed by atoms with van der Waals surface area (Å²) in [5.74, 6) is 0.558. The van der Waals surface area contributed by atoms with Crippen molar-refractivity contribution in [1.29, 1.82) is 0 Å². The molecule has 3 aromatic heterocycles.